The lowest BCUT2D eigenvalue weighted by molar-refractivity contribution is 0.687. The summed E-state index contributed by atoms with van der Waals surface area (Å²) in [5, 5.41) is 3.42. The molecule has 1 N–H and O–H groups in total. The summed E-state index contributed by atoms with van der Waals surface area (Å²) in [5.74, 6) is 0. The maximum atomic E-state index is 4.11. The summed E-state index contributed by atoms with van der Waals surface area (Å²) < 4.78 is 0. The van der Waals surface area contributed by atoms with E-state index in [1.165, 1.54) is 5.70 Å². The maximum Gasteiger partial charge on any atom is 0.0707 e. The second kappa shape index (κ2) is 6.02. The number of pyridine rings is 1. The molecule has 1 heterocycles. The van der Waals surface area contributed by atoms with Crippen molar-refractivity contribution in [3.63, 3.8) is 0 Å². The van der Waals surface area contributed by atoms with Crippen LogP contribution >= 0.6 is 0 Å². The SMILES string of the molecule is C=CC(N/C(=C\C)CC)c1cccnc1. The van der Waals surface area contributed by atoms with Gasteiger partial charge in [-0.1, -0.05) is 25.1 Å². The van der Waals surface area contributed by atoms with E-state index in [1.807, 2.05) is 25.3 Å². The van der Waals surface area contributed by atoms with E-state index < -0.39 is 0 Å². The highest BCUT2D eigenvalue weighted by Gasteiger charge is 2.06. The van der Waals surface area contributed by atoms with E-state index in [-0.39, 0.29) is 6.04 Å². The molecule has 1 unspecified atom stereocenters. The van der Waals surface area contributed by atoms with Crippen LogP contribution in [0.5, 0.6) is 0 Å². The van der Waals surface area contributed by atoms with Crippen molar-refractivity contribution >= 4 is 0 Å². The number of nitrogens with zero attached hydrogens (tertiary/aromatic N) is 1. The monoisotopic (exact) mass is 202 g/mol. The molecule has 0 aliphatic rings. The molecule has 0 amide bonds. The van der Waals surface area contributed by atoms with E-state index in [4.69, 9.17) is 0 Å². The van der Waals surface area contributed by atoms with Crippen molar-refractivity contribution in [3.8, 4) is 0 Å². The smallest absolute Gasteiger partial charge is 0.0707 e. The average molecular weight is 202 g/mol. The highest BCUT2D eigenvalue weighted by atomic mass is 14.9. The Hall–Kier alpha value is -1.57. The summed E-state index contributed by atoms with van der Waals surface area (Å²) in [6.45, 7) is 8.01. The predicted octanol–water partition coefficient (Wildman–Crippen LogP) is 3.21. The van der Waals surface area contributed by atoms with Gasteiger partial charge in [-0.3, -0.25) is 4.98 Å². The maximum absolute atomic E-state index is 4.11. The molecule has 0 aromatic carbocycles. The highest BCUT2D eigenvalue weighted by Crippen LogP contribution is 2.14. The molecule has 0 fully saturated rings. The van der Waals surface area contributed by atoms with Gasteiger partial charge in [0.05, 0.1) is 6.04 Å². The van der Waals surface area contributed by atoms with Crippen molar-refractivity contribution in [2.45, 2.75) is 26.3 Å². The van der Waals surface area contributed by atoms with Gasteiger partial charge in [-0.2, -0.15) is 0 Å². The summed E-state index contributed by atoms with van der Waals surface area (Å²) in [6, 6.07) is 4.13. The number of rotatable bonds is 5. The Balaban J connectivity index is 2.77. The minimum absolute atomic E-state index is 0.143. The minimum atomic E-state index is 0.143. The molecule has 0 spiro atoms. The highest BCUT2D eigenvalue weighted by molar-refractivity contribution is 5.20. The third-order valence-corrected chi connectivity index (χ3v) is 2.35. The van der Waals surface area contributed by atoms with Gasteiger partial charge >= 0.3 is 0 Å². The number of aromatic nitrogens is 1. The zero-order valence-electron chi connectivity index (χ0n) is 9.40. The standard InChI is InChI=1S/C13H18N2/c1-4-12(5-2)15-13(6-3)11-8-7-9-14-10-11/h4,6-10,13,15H,3,5H2,1-2H3/b12-4-. The normalized spacial score (nSPS) is 13.3. The van der Waals surface area contributed by atoms with E-state index in [0.29, 0.717) is 0 Å². The van der Waals surface area contributed by atoms with Gasteiger partial charge in [-0.05, 0) is 25.0 Å². The van der Waals surface area contributed by atoms with Gasteiger partial charge in [0, 0.05) is 18.1 Å². The van der Waals surface area contributed by atoms with Gasteiger partial charge in [-0.25, -0.2) is 0 Å². The predicted molar refractivity (Wildman–Crippen MR) is 64.4 cm³/mol. The molecule has 2 nitrogen and oxygen atoms in total. The molecule has 15 heavy (non-hydrogen) atoms. The van der Waals surface area contributed by atoms with Crippen LogP contribution in [-0.4, -0.2) is 4.98 Å². The summed E-state index contributed by atoms with van der Waals surface area (Å²) in [6.07, 6.45) is 8.63. The van der Waals surface area contributed by atoms with Crippen molar-refractivity contribution in [1.29, 1.82) is 0 Å². The van der Waals surface area contributed by atoms with Crippen LogP contribution in [0.25, 0.3) is 0 Å². The second-order valence-electron chi connectivity index (χ2n) is 3.31. The number of allylic oxidation sites excluding steroid dienone is 2. The lowest BCUT2D eigenvalue weighted by Gasteiger charge is -2.17. The van der Waals surface area contributed by atoms with Crippen LogP contribution in [-0.2, 0) is 0 Å². The fraction of sp³-hybridized carbons (Fsp3) is 0.308. The fourth-order valence-corrected chi connectivity index (χ4v) is 1.43. The summed E-state index contributed by atoms with van der Waals surface area (Å²) in [5.41, 5.74) is 2.36. The molecular formula is C13H18N2. The number of nitrogens with one attached hydrogen (secondary N) is 1. The molecular weight excluding hydrogens is 184 g/mol. The first-order chi connectivity index (χ1) is 7.31. The van der Waals surface area contributed by atoms with E-state index >= 15 is 0 Å². The van der Waals surface area contributed by atoms with Crippen molar-refractivity contribution in [2.75, 3.05) is 0 Å². The zero-order valence-corrected chi connectivity index (χ0v) is 9.40. The molecule has 1 rings (SSSR count). The first-order valence-electron chi connectivity index (χ1n) is 5.26. The van der Waals surface area contributed by atoms with Gasteiger partial charge in [-0.15, -0.1) is 6.58 Å². The topological polar surface area (TPSA) is 24.9 Å². The summed E-state index contributed by atoms with van der Waals surface area (Å²) in [7, 11) is 0. The Labute approximate surface area is 91.7 Å². The first kappa shape index (κ1) is 11.5. The Morgan fingerprint density at radius 2 is 2.47 bits per heavy atom. The van der Waals surface area contributed by atoms with Gasteiger partial charge in [0.2, 0.25) is 0 Å². The molecule has 1 aromatic heterocycles. The Kier molecular flexibility index (Phi) is 4.61. The molecule has 0 bridgehead atoms. The molecule has 80 valence electrons. The van der Waals surface area contributed by atoms with Gasteiger partial charge in [0.25, 0.3) is 0 Å². The average Bonchev–Trinajstić information content (AvgIpc) is 2.32. The second-order valence-corrected chi connectivity index (χ2v) is 3.31. The third-order valence-electron chi connectivity index (χ3n) is 2.35. The van der Waals surface area contributed by atoms with Crippen molar-refractivity contribution in [2.24, 2.45) is 0 Å². The van der Waals surface area contributed by atoms with Gasteiger partial charge in [0.15, 0.2) is 0 Å². The lowest BCUT2D eigenvalue weighted by Crippen LogP contribution is -2.18. The van der Waals surface area contributed by atoms with Crippen LogP contribution in [0.4, 0.5) is 0 Å². The van der Waals surface area contributed by atoms with E-state index in [2.05, 4.69) is 35.9 Å². The van der Waals surface area contributed by atoms with E-state index in [0.717, 1.165) is 12.0 Å². The Morgan fingerprint density at radius 1 is 1.67 bits per heavy atom. The molecule has 0 saturated carbocycles. The van der Waals surface area contributed by atoms with Crippen LogP contribution in [0.1, 0.15) is 31.9 Å². The van der Waals surface area contributed by atoms with E-state index in [1.54, 1.807) is 6.20 Å². The molecule has 0 aliphatic heterocycles. The van der Waals surface area contributed by atoms with Crippen LogP contribution in [0.3, 0.4) is 0 Å². The van der Waals surface area contributed by atoms with Gasteiger partial charge < -0.3 is 5.32 Å². The molecule has 1 aromatic rings. The Bertz CT molecular complexity index is 328. The summed E-state index contributed by atoms with van der Waals surface area (Å²) in [4.78, 5) is 4.11. The van der Waals surface area contributed by atoms with E-state index in [9.17, 15) is 0 Å². The molecule has 2 heteroatoms. The molecule has 1 atom stereocenters. The number of hydrogen-bond acceptors (Lipinski definition) is 2. The minimum Gasteiger partial charge on any atom is -0.378 e. The van der Waals surface area contributed by atoms with Crippen LogP contribution < -0.4 is 5.32 Å². The quantitative estimate of drug-likeness (QED) is 0.742. The van der Waals surface area contributed by atoms with Crippen LogP contribution in [0.2, 0.25) is 0 Å². The number of hydrogen-bond donors (Lipinski definition) is 1. The third kappa shape index (κ3) is 3.24. The lowest BCUT2D eigenvalue weighted by atomic mass is 10.1. The van der Waals surface area contributed by atoms with Crippen molar-refractivity contribution in [3.05, 3.63) is 54.5 Å². The molecule has 0 aliphatic carbocycles. The largest absolute Gasteiger partial charge is 0.378 e. The molecule has 0 radical (unpaired) electrons. The van der Waals surface area contributed by atoms with Crippen LogP contribution in [0.15, 0.2) is 49.0 Å². The molecule has 0 saturated heterocycles. The van der Waals surface area contributed by atoms with Crippen molar-refractivity contribution in [1.82, 2.24) is 10.3 Å². The summed E-state index contributed by atoms with van der Waals surface area (Å²) >= 11 is 0. The zero-order chi connectivity index (χ0) is 11.1. The fourth-order valence-electron chi connectivity index (χ4n) is 1.43. The van der Waals surface area contributed by atoms with Crippen molar-refractivity contribution < 1.29 is 0 Å². The first-order valence-corrected chi connectivity index (χ1v) is 5.26. The van der Waals surface area contributed by atoms with Crippen LogP contribution in [0, 0.1) is 0 Å². The van der Waals surface area contributed by atoms with Gasteiger partial charge in [0.1, 0.15) is 0 Å². The Morgan fingerprint density at radius 3 is 2.93 bits per heavy atom.